The Bertz CT molecular complexity index is 234. The summed E-state index contributed by atoms with van der Waals surface area (Å²) in [6.07, 6.45) is 24.0. The molecule has 0 saturated carbocycles. The highest BCUT2D eigenvalue weighted by atomic mass is 35.5. The molecule has 3 N–H and O–H groups in total. The van der Waals surface area contributed by atoms with Crippen LogP contribution in [0, 0.1) is 0 Å². The molecule has 0 rings (SSSR count). The summed E-state index contributed by atoms with van der Waals surface area (Å²) in [6.45, 7) is 2.50. The van der Waals surface area contributed by atoms with Gasteiger partial charge in [0.25, 0.3) is 0 Å². The van der Waals surface area contributed by atoms with Crippen molar-refractivity contribution in [1.82, 2.24) is 0 Å². The molecule has 0 aliphatic carbocycles. The Hall–Kier alpha value is -0.0500. The Kier molecular flexibility index (Phi) is 24.0. The maximum atomic E-state index is 8.78. The lowest BCUT2D eigenvalue weighted by Crippen LogP contribution is -2.20. The summed E-state index contributed by atoms with van der Waals surface area (Å²) in [7, 11) is 0. The smallest absolute Gasteiger partial charge is 0.0445 e. The van der Waals surface area contributed by atoms with Crippen LogP contribution in [-0.2, 0) is 0 Å². The van der Waals surface area contributed by atoms with Crippen LogP contribution in [0.2, 0.25) is 0 Å². The predicted octanol–water partition coefficient (Wildman–Crippen LogP) is 6.16. The lowest BCUT2D eigenvalue weighted by atomic mass is 10.0. The normalized spacial score (nSPS) is 12.5. The van der Waals surface area contributed by atoms with E-state index in [1.54, 1.807) is 0 Å². The van der Waals surface area contributed by atoms with Crippen LogP contribution in [0.1, 0.15) is 103 Å². The summed E-state index contributed by atoms with van der Waals surface area (Å²) >= 11 is 0. The van der Waals surface area contributed by atoms with Crippen LogP contribution in [0.15, 0.2) is 12.2 Å². The monoisotopic (exact) mass is 347 g/mol. The molecule has 0 saturated heterocycles. The zero-order chi connectivity index (χ0) is 16.3. The van der Waals surface area contributed by atoms with E-state index >= 15 is 0 Å². The first-order chi connectivity index (χ1) is 10.8. The number of halogens is 1. The van der Waals surface area contributed by atoms with Gasteiger partial charge in [0, 0.05) is 12.6 Å². The first kappa shape index (κ1) is 25.2. The number of allylic oxidation sites excluding steroid dienone is 2. The van der Waals surface area contributed by atoms with Gasteiger partial charge in [-0.2, -0.15) is 0 Å². The van der Waals surface area contributed by atoms with E-state index in [0.29, 0.717) is 0 Å². The average Bonchev–Trinajstić information content (AvgIpc) is 2.51. The van der Waals surface area contributed by atoms with E-state index in [2.05, 4.69) is 19.1 Å². The van der Waals surface area contributed by atoms with E-state index < -0.39 is 0 Å². The highest BCUT2D eigenvalue weighted by Gasteiger charge is 2.00. The predicted molar refractivity (Wildman–Crippen MR) is 106 cm³/mol. The van der Waals surface area contributed by atoms with Crippen LogP contribution >= 0.6 is 12.4 Å². The quantitative estimate of drug-likeness (QED) is 0.244. The van der Waals surface area contributed by atoms with Gasteiger partial charge in [-0.25, -0.2) is 0 Å². The van der Waals surface area contributed by atoms with Gasteiger partial charge >= 0.3 is 0 Å². The van der Waals surface area contributed by atoms with E-state index in [1.165, 1.54) is 83.5 Å². The van der Waals surface area contributed by atoms with Crippen LogP contribution in [0.25, 0.3) is 0 Å². The van der Waals surface area contributed by atoms with Gasteiger partial charge in [0.2, 0.25) is 0 Å². The second-order valence-electron chi connectivity index (χ2n) is 6.65. The van der Waals surface area contributed by atoms with Crippen LogP contribution in [0.4, 0.5) is 0 Å². The number of aliphatic hydroxyl groups is 1. The maximum Gasteiger partial charge on any atom is 0.0445 e. The lowest BCUT2D eigenvalue weighted by molar-refractivity contribution is 0.271. The van der Waals surface area contributed by atoms with Crippen LogP contribution in [-0.4, -0.2) is 17.8 Å². The van der Waals surface area contributed by atoms with Gasteiger partial charge in [-0.1, -0.05) is 76.9 Å². The summed E-state index contributed by atoms with van der Waals surface area (Å²) in [5, 5.41) is 8.78. The van der Waals surface area contributed by atoms with Gasteiger partial charge < -0.3 is 10.8 Å². The van der Waals surface area contributed by atoms with Crippen molar-refractivity contribution >= 4 is 12.4 Å². The Morgan fingerprint density at radius 2 is 1.22 bits per heavy atom. The molecule has 2 nitrogen and oxygen atoms in total. The van der Waals surface area contributed by atoms with Crippen molar-refractivity contribution in [3.63, 3.8) is 0 Å². The minimum Gasteiger partial charge on any atom is -0.396 e. The zero-order valence-corrected chi connectivity index (χ0v) is 16.3. The standard InChI is InChI=1S/C20H41NO.ClH/c1-2-3-4-5-6-7-8-9-10-11-12-13-14-15-16-17-20(21)18-19-22;/h9-10,20,22H,2-8,11-19,21H2,1H3;1H/b10-9-;. The number of hydrogen-bond donors (Lipinski definition) is 2. The summed E-state index contributed by atoms with van der Waals surface area (Å²) in [5.41, 5.74) is 5.87. The van der Waals surface area contributed by atoms with Gasteiger partial charge in [-0.3, -0.25) is 0 Å². The molecule has 0 heterocycles. The first-order valence-electron chi connectivity index (χ1n) is 9.82. The van der Waals surface area contributed by atoms with Crippen molar-refractivity contribution in [3.05, 3.63) is 12.2 Å². The van der Waals surface area contributed by atoms with Crippen molar-refractivity contribution in [2.75, 3.05) is 6.61 Å². The Labute approximate surface area is 151 Å². The minimum atomic E-state index is 0. The molecule has 0 bridgehead atoms. The number of unbranched alkanes of at least 4 members (excludes halogenated alkanes) is 11. The molecule has 140 valence electrons. The van der Waals surface area contributed by atoms with E-state index in [9.17, 15) is 0 Å². The third kappa shape index (κ3) is 21.9. The average molecular weight is 348 g/mol. The maximum absolute atomic E-state index is 8.78. The molecular weight excluding hydrogens is 306 g/mol. The number of rotatable bonds is 17. The molecule has 0 spiro atoms. The summed E-state index contributed by atoms with van der Waals surface area (Å²) in [5.74, 6) is 0. The van der Waals surface area contributed by atoms with E-state index in [1.807, 2.05) is 0 Å². The van der Waals surface area contributed by atoms with Crippen molar-refractivity contribution in [1.29, 1.82) is 0 Å². The van der Waals surface area contributed by atoms with Gasteiger partial charge in [0.15, 0.2) is 0 Å². The molecule has 23 heavy (non-hydrogen) atoms. The molecule has 0 amide bonds. The summed E-state index contributed by atoms with van der Waals surface area (Å²) in [4.78, 5) is 0. The van der Waals surface area contributed by atoms with Crippen molar-refractivity contribution in [2.24, 2.45) is 5.73 Å². The van der Waals surface area contributed by atoms with Crippen molar-refractivity contribution in [2.45, 2.75) is 109 Å². The molecule has 1 unspecified atom stereocenters. The van der Waals surface area contributed by atoms with Gasteiger partial charge in [-0.05, 0) is 38.5 Å². The third-order valence-electron chi connectivity index (χ3n) is 4.34. The fourth-order valence-electron chi connectivity index (χ4n) is 2.79. The summed E-state index contributed by atoms with van der Waals surface area (Å²) in [6, 6.07) is 0.204. The van der Waals surface area contributed by atoms with Crippen LogP contribution in [0.5, 0.6) is 0 Å². The molecule has 3 heteroatoms. The molecule has 0 aromatic carbocycles. The zero-order valence-electron chi connectivity index (χ0n) is 15.5. The van der Waals surface area contributed by atoms with Gasteiger partial charge in [-0.15, -0.1) is 12.4 Å². The molecule has 1 atom stereocenters. The molecule has 0 radical (unpaired) electrons. The number of nitrogens with two attached hydrogens (primary N) is 1. The lowest BCUT2D eigenvalue weighted by Gasteiger charge is -2.08. The topological polar surface area (TPSA) is 46.2 Å². The molecule has 0 aromatic rings. The largest absolute Gasteiger partial charge is 0.396 e. The van der Waals surface area contributed by atoms with E-state index in [0.717, 1.165) is 12.8 Å². The Morgan fingerprint density at radius 3 is 1.74 bits per heavy atom. The van der Waals surface area contributed by atoms with Crippen molar-refractivity contribution < 1.29 is 5.11 Å². The Balaban J connectivity index is 0. The summed E-state index contributed by atoms with van der Waals surface area (Å²) < 4.78 is 0. The molecular formula is C20H42ClNO. The van der Waals surface area contributed by atoms with Gasteiger partial charge in [0.1, 0.15) is 0 Å². The second kappa shape index (κ2) is 21.9. The molecule has 0 aliphatic rings. The van der Waals surface area contributed by atoms with Crippen molar-refractivity contribution in [3.8, 4) is 0 Å². The van der Waals surface area contributed by atoms with E-state index in [-0.39, 0.29) is 25.1 Å². The second-order valence-corrected chi connectivity index (χ2v) is 6.65. The number of aliphatic hydroxyl groups excluding tert-OH is 1. The fraction of sp³-hybridized carbons (Fsp3) is 0.900. The first-order valence-corrected chi connectivity index (χ1v) is 9.82. The highest BCUT2D eigenvalue weighted by molar-refractivity contribution is 5.85. The van der Waals surface area contributed by atoms with Crippen LogP contribution in [0.3, 0.4) is 0 Å². The number of hydrogen-bond acceptors (Lipinski definition) is 2. The molecule has 0 aromatic heterocycles. The van der Waals surface area contributed by atoms with E-state index in [4.69, 9.17) is 10.8 Å². The Morgan fingerprint density at radius 1 is 0.739 bits per heavy atom. The third-order valence-corrected chi connectivity index (χ3v) is 4.34. The highest BCUT2D eigenvalue weighted by Crippen LogP contribution is 2.10. The fourth-order valence-corrected chi connectivity index (χ4v) is 2.79. The SMILES string of the molecule is CCCCCCCC/C=C\CCCCCCCC(N)CCO.Cl. The minimum absolute atomic E-state index is 0. The molecule has 0 aliphatic heterocycles. The van der Waals surface area contributed by atoms with Gasteiger partial charge in [0.05, 0.1) is 0 Å². The van der Waals surface area contributed by atoms with Crippen LogP contribution < -0.4 is 5.73 Å². The molecule has 0 fully saturated rings.